The molecule has 25 heavy (non-hydrogen) atoms. The van der Waals surface area contributed by atoms with Gasteiger partial charge in [0.05, 0.1) is 24.7 Å². The fraction of sp³-hybridized carbons (Fsp3) is 0.333. The Hall–Kier alpha value is -2.83. The highest BCUT2D eigenvalue weighted by molar-refractivity contribution is 6.01. The van der Waals surface area contributed by atoms with Crippen LogP contribution in [0.2, 0.25) is 0 Å². The number of hydrogen-bond acceptors (Lipinski definition) is 5. The van der Waals surface area contributed by atoms with Gasteiger partial charge in [0.25, 0.3) is 0 Å². The quantitative estimate of drug-likeness (QED) is 0.814. The Labute approximate surface area is 145 Å². The Balaban J connectivity index is 1.61. The minimum Gasteiger partial charge on any atom is -0.370 e. The molecule has 2 aromatic rings. The van der Waals surface area contributed by atoms with Crippen LogP contribution in [0.15, 0.2) is 35.6 Å². The summed E-state index contributed by atoms with van der Waals surface area (Å²) in [7, 11) is 0. The summed E-state index contributed by atoms with van der Waals surface area (Å²) in [6, 6.07) is 4.56. The van der Waals surface area contributed by atoms with Gasteiger partial charge in [0.1, 0.15) is 5.84 Å². The van der Waals surface area contributed by atoms with Crippen molar-refractivity contribution in [2.24, 2.45) is 4.99 Å². The van der Waals surface area contributed by atoms with Gasteiger partial charge in [-0.05, 0) is 37.1 Å². The normalized spacial score (nSPS) is 13.8. The molecule has 0 aliphatic carbocycles. The third-order valence-corrected chi connectivity index (χ3v) is 4.02. The topological polar surface area (TPSA) is 79.3 Å². The number of fused-ring (bicyclic) bond motifs is 1. The standard InChI is InChI=1S/C18H20FN5O/c1-3-20-18-15-10-21-14(6-13(15)9-23-18)7-17(25)24-11(2)12-4-5-16(19)22-8-12/h4-6,8,10-11H,3,7,9H2,1-2H3,(H,20,23)(H,24,25). The van der Waals surface area contributed by atoms with E-state index < -0.39 is 5.95 Å². The summed E-state index contributed by atoms with van der Waals surface area (Å²) in [5.74, 6) is 0.178. The van der Waals surface area contributed by atoms with Crippen molar-refractivity contribution in [1.29, 1.82) is 0 Å². The number of aromatic nitrogens is 2. The Kier molecular flexibility index (Phi) is 5.02. The van der Waals surface area contributed by atoms with E-state index in [0.29, 0.717) is 12.2 Å². The number of hydrogen-bond donors (Lipinski definition) is 2. The van der Waals surface area contributed by atoms with Gasteiger partial charge in [-0.25, -0.2) is 4.98 Å². The molecular weight excluding hydrogens is 321 g/mol. The van der Waals surface area contributed by atoms with Crippen LogP contribution in [0.25, 0.3) is 0 Å². The first-order valence-corrected chi connectivity index (χ1v) is 8.24. The molecule has 0 radical (unpaired) electrons. The molecule has 3 heterocycles. The molecule has 3 rings (SSSR count). The molecule has 1 aliphatic rings. The van der Waals surface area contributed by atoms with Crippen LogP contribution in [0.5, 0.6) is 0 Å². The van der Waals surface area contributed by atoms with Crippen molar-refractivity contribution < 1.29 is 9.18 Å². The molecule has 0 saturated heterocycles. The van der Waals surface area contributed by atoms with E-state index in [1.165, 1.54) is 12.3 Å². The van der Waals surface area contributed by atoms with Crippen molar-refractivity contribution in [2.75, 3.05) is 6.54 Å². The van der Waals surface area contributed by atoms with Crippen molar-refractivity contribution in [1.82, 2.24) is 20.6 Å². The Morgan fingerprint density at radius 3 is 2.88 bits per heavy atom. The second kappa shape index (κ2) is 7.38. The van der Waals surface area contributed by atoms with Gasteiger partial charge in [-0.2, -0.15) is 4.39 Å². The summed E-state index contributed by atoms with van der Waals surface area (Å²) in [6.07, 6.45) is 3.37. The van der Waals surface area contributed by atoms with E-state index in [0.717, 1.165) is 29.1 Å². The predicted molar refractivity (Wildman–Crippen MR) is 92.6 cm³/mol. The number of amidine groups is 1. The first-order valence-electron chi connectivity index (χ1n) is 8.24. The maximum atomic E-state index is 12.9. The van der Waals surface area contributed by atoms with Gasteiger partial charge in [-0.1, -0.05) is 6.07 Å². The van der Waals surface area contributed by atoms with Crippen molar-refractivity contribution in [3.05, 3.63) is 58.9 Å². The lowest BCUT2D eigenvalue weighted by Gasteiger charge is -2.14. The van der Waals surface area contributed by atoms with Gasteiger partial charge >= 0.3 is 0 Å². The Morgan fingerprint density at radius 1 is 1.32 bits per heavy atom. The number of carbonyl (C=O) groups excluding carboxylic acids is 1. The molecule has 0 saturated carbocycles. The molecular formula is C18H20FN5O. The summed E-state index contributed by atoms with van der Waals surface area (Å²) in [6.45, 7) is 5.26. The second-order valence-corrected chi connectivity index (χ2v) is 5.91. The molecule has 0 bridgehead atoms. The average Bonchev–Trinajstić information content (AvgIpc) is 2.98. The van der Waals surface area contributed by atoms with Crippen LogP contribution in [0.1, 0.15) is 42.3 Å². The van der Waals surface area contributed by atoms with Gasteiger partial charge in [-0.3, -0.25) is 14.8 Å². The van der Waals surface area contributed by atoms with Crippen LogP contribution in [0.4, 0.5) is 4.39 Å². The summed E-state index contributed by atoms with van der Waals surface area (Å²) >= 11 is 0. The average molecular weight is 341 g/mol. The number of nitrogens with one attached hydrogen (secondary N) is 2. The predicted octanol–water partition coefficient (Wildman–Crippen LogP) is 1.91. The Morgan fingerprint density at radius 2 is 2.16 bits per heavy atom. The van der Waals surface area contributed by atoms with Crippen LogP contribution in [0, 0.1) is 5.95 Å². The van der Waals surface area contributed by atoms with Gasteiger partial charge in [0.2, 0.25) is 11.9 Å². The van der Waals surface area contributed by atoms with E-state index in [1.54, 1.807) is 12.3 Å². The lowest BCUT2D eigenvalue weighted by atomic mass is 10.1. The minimum atomic E-state index is -0.538. The SMILES string of the molecule is CCNC1=NCc2cc(CC(=O)NC(C)c3ccc(F)nc3)ncc21. The van der Waals surface area contributed by atoms with Gasteiger partial charge in [0, 0.05) is 24.5 Å². The first kappa shape index (κ1) is 17.0. The van der Waals surface area contributed by atoms with Crippen LogP contribution >= 0.6 is 0 Å². The molecule has 2 N–H and O–H groups in total. The molecule has 7 heteroatoms. The molecule has 0 fully saturated rings. The smallest absolute Gasteiger partial charge is 0.226 e. The van der Waals surface area contributed by atoms with Gasteiger partial charge in [0.15, 0.2) is 0 Å². The number of pyridine rings is 2. The van der Waals surface area contributed by atoms with Crippen LogP contribution in [-0.4, -0.2) is 28.3 Å². The lowest BCUT2D eigenvalue weighted by Crippen LogP contribution is -2.28. The lowest BCUT2D eigenvalue weighted by molar-refractivity contribution is -0.121. The number of aliphatic imine (C=N–C) groups is 1. The molecule has 6 nitrogen and oxygen atoms in total. The summed E-state index contributed by atoms with van der Waals surface area (Å²) in [5.41, 5.74) is 3.52. The second-order valence-electron chi connectivity index (χ2n) is 5.91. The van der Waals surface area contributed by atoms with E-state index in [2.05, 4.69) is 25.6 Å². The van der Waals surface area contributed by atoms with Crippen molar-refractivity contribution in [3.8, 4) is 0 Å². The number of halogens is 1. The maximum Gasteiger partial charge on any atom is 0.226 e. The third kappa shape index (κ3) is 3.99. The number of carbonyl (C=O) groups is 1. The van der Waals surface area contributed by atoms with Gasteiger partial charge < -0.3 is 10.6 Å². The number of amides is 1. The number of rotatable bonds is 5. The van der Waals surface area contributed by atoms with E-state index in [1.807, 2.05) is 19.9 Å². The summed E-state index contributed by atoms with van der Waals surface area (Å²) in [5, 5.41) is 6.09. The summed E-state index contributed by atoms with van der Waals surface area (Å²) < 4.78 is 12.9. The molecule has 2 aromatic heterocycles. The van der Waals surface area contributed by atoms with Crippen LogP contribution < -0.4 is 10.6 Å². The number of nitrogens with zero attached hydrogens (tertiary/aromatic N) is 3. The molecule has 1 aliphatic heterocycles. The maximum absolute atomic E-state index is 12.9. The molecule has 1 unspecified atom stereocenters. The van der Waals surface area contributed by atoms with Gasteiger partial charge in [-0.15, -0.1) is 0 Å². The van der Waals surface area contributed by atoms with E-state index in [9.17, 15) is 9.18 Å². The van der Waals surface area contributed by atoms with Crippen molar-refractivity contribution >= 4 is 11.7 Å². The van der Waals surface area contributed by atoms with E-state index in [4.69, 9.17) is 0 Å². The molecule has 0 spiro atoms. The van der Waals surface area contributed by atoms with Crippen molar-refractivity contribution in [2.45, 2.75) is 32.9 Å². The first-order chi connectivity index (χ1) is 12.1. The molecule has 1 amide bonds. The minimum absolute atomic E-state index is 0.143. The highest BCUT2D eigenvalue weighted by Gasteiger charge is 2.18. The zero-order chi connectivity index (χ0) is 17.8. The van der Waals surface area contributed by atoms with E-state index >= 15 is 0 Å². The monoisotopic (exact) mass is 341 g/mol. The summed E-state index contributed by atoms with van der Waals surface area (Å²) in [4.78, 5) is 24.7. The molecule has 0 aromatic carbocycles. The third-order valence-electron chi connectivity index (χ3n) is 4.02. The van der Waals surface area contributed by atoms with Crippen LogP contribution in [0.3, 0.4) is 0 Å². The molecule has 130 valence electrons. The van der Waals surface area contributed by atoms with E-state index in [-0.39, 0.29) is 18.4 Å². The fourth-order valence-electron chi connectivity index (χ4n) is 2.74. The Bertz CT molecular complexity index is 804. The highest BCUT2D eigenvalue weighted by atomic mass is 19.1. The van der Waals surface area contributed by atoms with Crippen molar-refractivity contribution in [3.63, 3.8) is 0 Å². The highest BCUT2D eigenvalue weighted by Crippen LogP contribution is 2.18. The largest absolute Gasteiger partial charge is 0.370 e. The zero-order valence-corrected chi connectivity index (χ0v) is 14.2. The fourth-order valence-corrected chi connectivity index (χ4v) is 2.74. The zero-order valence-electron chi connectivity index (χ0n) is 14.2. The van der Waals surface area contributed by atoms with Crippen LogP contribution in [-0.2, 0) is 17.8 Å². The molecule has 1 atom stereocenters.